The molecule has 1 N–H and O–H groups in total. The van der Waals surface area contributed by atoms with Gasteiger partial charge in [0.25, 0.3) is 0 Å². The third kappa shape index (κ3) is 4.00. The predicted octanol–water partition coefficient (Wildman–Crippen LogP) is 1.89. The Morgan fingerprint density at radius 2 is 1.96 bits per heavy atom. The van der Waals surface area contributed by atoms with E-state index in [4.69, 9.17) is 0 Å². The van der Waals surface area contributed by atoms with Gasteiger partial charge in [0, 0.05) is 19.8 Å². The van der Waals surface area contributed by atoms with Gasteiger partial charge >= 0.3 is 5.97 Å². The Morgan fingerprint density at radius 1 is 1.30 bits per heavy atom. The lowest BCUT2D eigenvalue weighted by Gasteiger charge is -2.12. The topological polar surface area (TPSA) is 77.4 Å². The van der Waals surface area contributed by atoms with E-state index in [0.29, 0.717) is 0 Å². The van der Waals surface area contributed by atoms with Gasteiger partial charge in [-0.2, -0.15) is 0 Å². The summed E-state index contributed by atoms with van der Waals surface area (Å²) in [6, 6.07) is 11.0. The number of methoxy groups -OCH3 is 1. The van der Waals surface area contributed by atoms with Crippen LogP contribution in [0.5, 0.6) is 0 Å². The monoisotopic (exact) mass is 336 g/mol. The third-order valence-electron chi connectivity index (χ3n) is 3.63. The molecule has 0 aliphatic carbocycles. The molecule has 0 saturated carbocycles. The van der Waals surface area contributed by atoms with Crippen molar-refractivity contribution in [2.75, 3.05) is 13.7 Å². The average Bonchev–Trinajstić information content (AvgIpc) is 2.95. The largest absolute Gasteiger partial charge is 0.464 e. The molecular weight excluding hydrogens is 316 g/mol. The summed E-state index contributed by atoms with van der Waals surface area (Å²) < 4.78 is 33.4. The highest BCUT2D eigenvalue weighted by molar-refractivity contribution is 7.89. The minimum Gasteiger partial charge on any atom is -0.464 e. The van der Waals surface area contributed by atoms with Crippen LogP contribution in [0.1, 0.15) is 28.9 Å². The fraction of sp³-hybridized carbons (Fsp3) is 0.312. The molecule has 0 spiro atoms. The van der Waals surface area contributed by atoms with Crippen molar-refractivity contribution in [3.05, 3.63) is 53.9 Å². The van der Waals surface area contributed by atoms with Crippen LogP contribution in [0.15, 0.2) is 47.5 Å². The van der Waals surface area contributed by atoms with Crippen molar-refractivity contribution in [1.29, 1.82) is 0 Å². The van der Waals surface area contributed by atoms with E-state index in [2.05, 4.69) is 9.46 Å². The van der Waals surface area contributed by atoms with Crippen molar-refractivity contribution in [2.24, 2.45) is 7.05 Å². The van der Waals surface area contributed by atoms with Crippen LogP contribution < -0.4 is 4.72 Å². The zero-order valence-electron chi connectivity index (χ0n) is 13.3. The summed E-state index contributed by atoms with van der Waals surface area (Å²) in [4.78, 5) is 11.6. The number of nitrogens with one attached hydrogen (secondary N) is 1. The molecule has 0 aliphatic rings. The summed E-state index contributed by atoms with van der Waals surface area (Å²) in [6.45, 7) is 2.22. The van der Waals surface area contributed by atoms with Crippen LogP contribution in [0.2, 0.25) is 0 Å². The van der Waals surface area contributed by atoms with E-state index in [1.54, 1.807) is 7.05 Å². The number of ether oxygens (including phenoxy) is 1. The van der Waals surface area contributed by atoms with Gasteiger partial charge in [0.05, 0.1) is 7.11 Å². The quantitative estimate of drug-likeness (QED) is 0.817. The van der Waals surface area contributed by atoms with Crippen LogP contribution in [-0.4, -0.2) is 32.6 Å². The normalized spacial score (nSPS) is 12.8. The van der Waals surface area contributed by atoms with Gasteiger partial charge in [-0.1, -0.05) is 37.3 Å². The number of carbonyl (C=O) groups excluding carboxylic acids is 1. The zero-order chi connectivity index (χ0) is 17.0. The number of sulfonamides is 1. The molecule has 6 nitrogen and oxygen atoms in total. The smallest absolute Gasteiger partial charge is 0.354 e. The van der Waals surface area contributed by atoms with Gasteiger partial charge in [0.15, 0.2) is 0 Å². The van der Waals surface area contributed by atoms with Crippen molar-refractivity contribution in [1.82, 2.24) is 9.29 Å². The SMILES string of the molecule is COC(=O)c1cc(S(=O)(=O)NC[C@@H](C)c2ccccc2)cn1C. The van der Waals surface area contributed by atoms with Crippen molar-refractivity contribution in [3.63, 3.8) is 0 Å². The van der Waals surface area contributed by atoms with E-state index in [1.165, 1.54) is 23.9 Å². The number of nitrogens with zero attached hydrogens (tertiary/aromatic N) is 1. The molecule has 23 heavy (non-hydrogen) atoms. The predicted molar refractivity (Wildman–Crippen MR) is 86.8 cm³/mol. The van der Waals surface area contributed by atoms with Crippen LogP contribution in [0.3, 0.4) is 0 Å². The Labute approximate surface area is 136 Å². The molecule has 0 bridgehead atoms. The summed E-state index contributed by atoms with van der Waals surface area (Å²) in [7, 11) is -0.837. The number of aromatic nitrogens is 1. The van der Waals surface area contributed by atoms with Crippen molar-refractivity contribution in [3.8, 4) is 0 Å². The molecule has 0 saturated heterocycles. The molecule has 2 aromatic rings. The number of hydrogen-bond donors (Lipinski definition) is 1. The van der Waals surface area contributed by atoms with Crippen LogP contribution >= 0.6 is 0 Å². The molecule has 124 valence electrons. The fourth-order valence-corrected chi connectivity index (χ4v) is 3.41. The van der Waals surface area contributed by atoms with E-state index in [1.807, 2.05) is 37.3 Å². The van der Waals surface area contributed by atoms with E-state index in [0.717, 1.165) is 5.56 Å². The van der Waals surface area contributed by atoms with E-state index in [9.17, 15) is 13.2 Å². The summed E-state index contributed by atoms with van der Waals surface area (Å²) in [5.41, 5.74) is 1.24. The number of aryl methyl sites for hydroxylation is 1. The first kappa shape index (κ1) is 17.2. The standard InChI is InChI=1S/C16H20N2O4S/c1-12(13-7-5-4-6-8-13)10-17-23(20,21)14-9-15(16(19)22-3)18(2)11-14/h4-9,11-12,17H,10H2,1-3H3/t12-/m1/s1. The van der Waals surface area contributed by atoms with Gasteiger partial charge in [0.2, 0.25) is 10.0 Å². The summed E-state index contributed by atoms with van der Waals surface area (Å²) in [6.07, 6.45) is 1.39. The van der Waals surface area contributed by atoms with Gasteiger partial charge in [-0.25, -0.2) is 17.9 Å². The molecule has 0 amide bonds. The molecule has 7 heteroatoms. The fourth-order valence-electron chi connectivity index (χ4n) is 2.21. The second-order valence-electron chi connectivity index (χ2n) is 5.33. The Kier molecular flexibility index (Phi) is 5.23. The van der Waals surface area contributed by atoms with Gasteiger partial charge in [-0.3, -0.25) is 0 Å². The first-order valence-electron chi connectivity index (χ1n) is 7.14. The van der Waals surface area contributed by atoms with Crippen molar-refractivity contribution >= 4 is 16.0 Å². The van der Waals surface area contributed by atoms with Gasteiger partial charge in [-0.15, -0.1) is 0 Å². The van der Waals surface area contributed by atoms with Gasteiger partial charge < -0.3 is 9.30 Å². The molecule has 1 atom stereocenters. The number of carbonyl (C=O) groups is 1. The minimum absolute atomic E-state index is 0.0368. The second-order valence-corrected chi connectivity index (χ2v) is 7.09. The number of hydrogen-bond acceptors (Lipinski definition) is 4. The lowest BCUT2D eigenvalue weighted by atomic mass is 10.0. The lowest BCUT2D eigenvalue weighted by molar-refractivity contribution is 0.0590. The van der Waals surface area contributed by atoms with E-state index in [-0.39, 0.29) is 23.1 Å². The molecule has 0 fully saturated rings. The highest BCUT2D eigenvalue weighted by atomic mass is 32.2. The van der Waals surface area contributed by atoms with E-state index < -0.39 is 16.0 Å². The summed E-state index contributed by atoms with van der Waals surface area (Å²) in [5, 5.41) is 0. The first-order valence-corrected chi connectivity index (χ1v) is 8.62. The van der Waals surface area contributed by atoms with Gasteiger partial charge in [-0.05, 0) is 17.5 Å². The van der Waals surface area contributed by atoms with E-state index >= 15 is 0 Å². The average molecular weight is 336 g/mol. The van der Waals surface area contributed by atoms with Crippen molar-refractivity contribution < 1.29 is 17.9 Å². The summed E-state index contributed by atoms with van der Waals surface area (Å²) >= 11 is 0. The Balaban J connectivity index is 2.12. The van der Waals surface area contributed by atoms with Crippen LogP contribution in [0, 0.1) is 0 Å². The Bertz CT molecular complexity index is 782. The van der Waals surface area contributed by atoms with Crippen molar-refractivity contribution in [2.45, 2.75) is 17.7 Å². The molecule has 1 aromatic heterocycles. The highest BCUT2D eigenvalue weighted by Gasteiger charge is 2.21. The molecule has 0 aliphatic heterocycles. The maximum Gasteiger partial charge on any atom is 0.354 e. The molecule has 2 rings (SSSR count). The second kappa shape index (κ2) is 6.97. The summed E-state index contributed by atoms with van der Waals surface area (Å²) in [5.74, 6) is -0.540. The number of benzene rings is 1. The molecular formula is C16H20N2O4S. The molecule has 0 unspecified atom stereocenters. The van der Waals surface area contributed by atoms with Crippen LogP contribution in [0.25, 0.3) is 0 Å². The van der Waals surface area contributed by atoms with Gasteiger partial charge in [0.1, 0.15) is 10.6 Å². The molecule has 0 radical (unpaired) electrons. The third-order valence-corrected chi connectivity index (χ3v) is 5.02. The highest BCUT2D eigenvalue weighted by Crippen LogP contribution is 2.17. The molecule has 1 heterocycles. The molecule has 1 aromatic carbocycles. The van der Waals surface area contributed by atoms with Crippen LogP contribution in [-0.2, 0) is 21.8 Å². The minimum atomic E-state index is -3.69. The van der Waals surface area contributed by atoms with Crippen LogP contribution in [0.4, 0.5) is 0 Å². The maximum absolute atomic E-state index is 12.4. The number of rotatable bonds is 6. The Morgan fingerprint density at radius 3 is 2.57 bits per heavy atom. The Hall–Kier alpha value is -2.12. The first-order chi connectivity index (χ1) is 10.8. The number of esters is 1. The lowest BCUT2D eigenvalue weighted by Crippen LogP contribution is -2.27. The zero-order valence-corrected chi connectivity index (χ0v) is 14.1. The maximum atomic E-state index is 12.4.